The van der Waals surface area contributed by atoms with Crippen molar-refractivity contribution in [2.24, 2.45) is 28.6 Å². The summed E-state index contributed by atoms with van der Waals surface area (Å²) in [6, 6.07) is 7.02. The van der Waals surface area contributed by atoms with Gasteiger partial charge in [0.05, 0.1) is 18.3 Å². The Balaban J connectivity index is 1.41. The quantitative estimate of drug-likeness (QED) is 0.620. The van der Waals surface area contributed by atoms with E-state index in [2.05, 4.69) is 0 Å². The molecule has 186 valence electrons. The number of carboxylic acid groups (broad SMARTS) is 1. The highest BCUT2D eigenvalue weighted by Gasteiger charge is 2.79. The van der Waals surface area contributed by atoms with Crippen LogP contribution in [0, 0.1) is 28.6 Å². The minimum absolute atomic E-state index is 0.0351. The van der Waals surface area contributed by atoms with Crippen molar-refractivity contribution in [1.29, 1.82) is 0 Å². The Labute approximate surface area is 208 Å². The van der Waals surface area contributed by atoms with E-state index in [1.807, 2.05) is 6.92 Å². The van der Waals surface area contributed by atoms with Crippen LogP contribution in [0.4, 0.5) is 10.1 Å². The first-order valence-corrected chi connectivity index (χ1v) is 12.6. The number of carbonyl (C=O) groups is 2. The number of hydrogen-bond donors (Lipinski definition) is 2. The smallest absolute Gasteiger partial charge is 0.339 e. The van der Waals surface area contributed by atoms with Gasteiger partial charge in [-0.15, -0.1) is 0 Å². The lowest BCUT2D eigenvalue weighted by Crippen LogP contribution is -2.69. The van der Waals surface area contributed by atoms with Gasteiger partial charge < -0.3 is 10.2 Å². The van der Waals surface area contributed by atoms with Crippen LogP contribution in [0.3, 0.4) is 0 Å². The van der Waals surface area contributed by atoms with Gasteiger partial charge >= 0.3 is 5.97 Å². The molecule has 2 N–H and O–H groups in total. The maximum absolute atomic E-state index is 17.3. The molecule has 0 radical (unpaired) electrons. The number of anilines is 1. The van der Waals surface area contributed by atoms with E-state index >= 15 is 4.39 Å². The number of aliphatic hydroxyl groups excluding tert-OH is 1. The molecule has 4 aliphatic carbocycles. The number of ketones is 1. The fraction of sp³-hybridized carbons (Fsp3) is 0.556. The van der Waals surface area contributed by atoms with E-state index in [1.165, 1.54) is 12.2 Å². The van der Waals surface area contributed by atoms with Gasteiger partial charge in [-0.3, -0.25) is 14.7 Å². The van der Waals surface area contributed by atoms with Crippen LogP contribution in [0.5, 0.6) is 0 Å². The number of aliphatic carboxylic acids is 1. The van der Waals surface area contributed by atoms with Gasteiger partial charge in [0.1, 0.15) is 0 Å². The number of carbonyl (C=O) groups excluding carboxylic acids is 1. The van der Waals surface area contributed by atoms with Gasteiger partial charge in [0.15, 0.2) is 11.5 Å². The summed E-state index contributed by atoms with van der Waals surface area (Å²) in [4.78, 5) is 31.3. The van der Waals surface area contributed by atoms with Crippen LogP contribution < -0.4 is 5.06 Å². The largest absolute Gasteiger partial charge is 0.479 e. The molecule has 6 nitrogen and oxygen atoms in total. The fourth-order valence-corrected chi connectivity index (χ4v) is 8.50. The van der Waals surface area contributed by atoms with Gasteiger partial charge in [0.2, 0.25) is 5.60 Å². The molecule has 0 spiro atoms. The van der Waals surface area contributed by atoms with E-state index in [4.69, 9.17) is 16.4 Å². The zero-order valence-corrected chi connectivity index (χ0v) is 20.5. The van der Waals surface area contributed by atoms with Gasteiger partial charge in [-0.2, -0.15) is 0 Å². The van der Waals surface area contributed by atoms with E-state index in [-0.39, 0.29) is 24.0 Å². The predicted octanol–water partition coefficient (Wildman–Crippen LogP) is 4.51. The van der Waals surface area contributed by atoms with Crippen LogP contribution in [0.1, 0.15) is 39.5 Å². The first kappa shape index (κ1) is 23.2. The number of hydroxylamine groups is 1. The molecule has 1 heterocycles. The molecule has 3 saturated carbocycles. The van der Waals surface area contributed by atoms with Gasteiger partial charge in [-0.05, 0) is 74.9 Å². The second kappa shape index (κ2) is 7.17. The summed E-state index contributed by atoms with van der Waals surface area (Å²) in [7, 11) is 0. The number of carboxylic acids is 1. The predicted molar refractivity (Wildman–Crippen MR) is 127 cm³/mol. The molecule has 1 aliphatic heterocycles. The minimum atomic E-state index is -1.99. The molecule has 5 aliphatic rings. The summed E-state index contributed by atoms with van der Waals surface area (Å²) >= 11 is 6.02. The van der Waals surface area contributed by atoms with Crippen molar-refractivity contribution in [3.05, 3.63) is 53.1 Å². The Hall–Kier alpha value is -2.22. The molecule has 1 aromatic rings. The number of benzene rings is 1. The molecule has 4 fully saturated rings. The highest BCUT2D eigenvalue weighted by atomic mass is 35.5. The first-order valence-electron chi connectivity index (χ1n) is 12.2. The molecule has 8 heteroatoms. The molecule has 1 saturated heterocycles. The lowest BCUT2D eigenvalue weighted by atomic mass is 9.45. The Bertz CT molecular complexity index is 1180. The third-order valence-corrected chi connectivity index (χ3v) is 10.3. The third-order valence-electron chi connectivity index (χ3n) is 10.1. The summed E-state index contributed by atoms with van der Waals surface area (Å²) in [5, 5.41) is 24.3. The normalized spacial score (nSPS) is 45.9. The average molecular weight is 502 g/mol. The van der Waals surface area contributed by atoms with Gasteiger partial charge in [0, 0.05) is 27.7 Å². The summed E-state index contributed by atoms with van der Waals surface area (Å²) in [6.45, 7) is 3.98. The lowest BCUT2D eigenvalue weighted by molar-refractivity contribution is -0.229. The topological polar surface area (TPSA) is 87.1 Å². The van der Waals surface area contributed by atoms with Gasteiger partial charge in [-0.25, -0.2) is 9.18 Å². The van der Waals surface area contributed by atoms with Gasteiger partial charge in [-0.1, -0.05) is 30.2 Å². The highest BCUT2D eigenvalue weighted by molar-refractivity contribution is 6.30. The molecule has 0 bridgehead atoms. The second-order valence-corrected chi connectivity index (χ2v) is 11.8. The average Bonchev–Trinajstić information content (AvgIpc) is 3.30. The molecule has 0 unspecified atom stereocenters. The third kappa shape index (κ3) is 2.67. The first-order chi connectivity index (χ1) is 16.5. The van der Waals surface area contributed by atoms with Crippen molar-refractivity contribution >= 4 is 29.0 Å². The molecule has 1 aromatic carbocycles. The highest BCUT2D eigenvalue weighted by Crippen LogP contribution is 2.72. The van der Waals surface area contributed by atoms with E-state index < -0.39 is 40.1 Å². The molecule has 6 rings (SSSR count). The summed E-state index contributed by atoms with van der Waals surface area (Å²) in [6.07, 6.45) is 4.58. The minimum Gasteiger partial charge on any atom is -0.479 e. The number of nitrogens with zero attached hydrogens (tertiary/aromatic N) is 1. The lowest BCUT2D eigenvalue weighted by Gasteiger charge is -2.62. The summed E-state index contributed by atoms with van der Waals surface area (Å²) in [5.74, 6) is -2.44. The van der Waals surface area contributed by atoms with Crippen LogP contribution >= 0.6 is 11.6 Å². The van der Waals surface area contributed by atoms with Crippen LogP contribution in [0.15, 0.2) is 48.1 Å². The maximum Gasteiger partial charge on any atom is 0.339 e. The maximum atomic E-state index is 17.3. The molecule has 8 atom stereocenters. The van der Waals surface area contributed by atoms with Crippen LogP contribution in [-0.4, -0.2) is 45.9 Å². The van der Waals surface area contributed by atoms with Crippen molar-refractivity contribution in [3.63, 3.8) is 0 Å². The zero-order chi connectivity index (χ0) is 25.0. The van der Waals surface area contributed by atoms with Crippen LogP contribution in [0.25, 0.3) is 0 Å². The van der Waals surface area contributed by atoms with Crippen molar-refractivity contribution in [1.82, 2.24) is 0 Å². The number of aliphatic hydroxyl groups is 1. The van der Waals surface area contributed by atoms with Crippen molar-refractivity contribution in [3.8, 4) is 0 Å². The molecule has 35 heavy (non-hydrogen) atoms. The van der Waals surface area contributed by atoms with Crippen LogP contribution in [0.2, 0.25) is 5.02 Å². The monoisotopic (exact) mass is 501 g/mol. The Kier molecular flexibility index (Phi) is 4.75. The van der Waals surface area contributed by atoms with Crippen molar-refractivity contribution < 1.29 is 29.0 Å². The number of fused-ring (bicyclic) bond motifs is 7. The fourth-order valence-electron chi connectivity index (χ4n) is 8.38. The van der Waals surface area contributed by atoms with Crippen molar-refractivity contribution in [2.45, 2.75) is 56.9 Å². The van der Waals surface area contributed by atoms with E-state index in [9.17, 15) is 19.8 Å². The Morgan fingerprint density at radius 1 is 1.23 bits per heavy atom. The Morgan fingerprint density at radius 2 is 1.94 bits per heavy atom. The SMILES string of the molecule is C[C@]12C=CC(=O)C=C1CC[C@H]1[C@@H]3C[C@H]4CN(c5ccc(Cl)cc5)O[C@@]4(C(=O)O)[C@@]3(C)C[C@H](O)[C@@]12F. The molecular formula is C27H29ClFNO5. The second-order valence-electron chi connectivity index (χ2n) is 11.4. The van der Waals surface area contributed by atoms with E-state index in [1.54, 1.807) is 42.3 Å². The molecule has 0 amide bonds. The molecular weight excluding hydrogens is 473 g/mol. The molecule has 0 aromatic heterocycles. The standard InChI is InChI=1S/C27H29ClFNO5/c1-24-10-9-19(31)11-15(24)3-8-20-21-12-16-14-30(18-6-4-17(28)5-7-18)35-27(16,23(33)34)25(21,2)13-22(32)26(20,24)29/h4-7,9-11,16,20-22,32H,3,8,12-14H2,1-2H3,(H,33,34)/t16-,20-,21-,22-,24-,25-,26-,27-/m0/s1. The number of alkyl halides is 1. The number of rotatable bonds is 2. The van der Waals surface area contributed by atoms with E-state index in [0.29, 0.717) is 42.1 Å². The summed E-state index contributed by atoms with van der Waals surface area (Å²) < 4.78 is 17.3. The number of allylic oxidation sites excluding steroid dienone is 4. The summed E-state index contributed by atoms with van der Waals surface area (Å²) in [5.41, 5.74) is -4.23. The van der Waals surface area contributed by atoms with Gasteiger partial charge in [0.25, 0.3) is 0 Å². The van der Waals surface area contributed by atoms with Crippen LogP contribution in [-0.2, 0) is 14.4 Å². The zero-order valence-electron chi connectivity index (χ0n) is 19.7. The number of hydrogen-bond acceptors (Lipinski definition) is 5. The Morgan fingerprint density at radius 3 is 2.63 bits per heavy atom. The number of halogens is 2. The van der Waals surface area contributed by atoms with E-state index in [0.717, 1.165) is 0 Å². The van der Waals surface area contributed by atoms with Crippen molar-refractivity contribution in [2.75, 3.05) is 11.6 Å².